The van der Waals surface area contributed by atoms with Crippen molar-refractivity contribution in [3.8, 4) is 0 Å². The van der Waals surface area contributed by atoms with Gasteiger partial charge in [-0.25, -0.2) is 0 Å². The maximum absolute atomic E-state index is 11.2. The van der Waals surface area contributed by atoms with Gasteiger partial charge in [0.25, 0.3) is 0 Å². The van der Waals surface area contributed by atoms with E-state index in [4.69, 9.17) is 9.47 Å². The summed E-state index contributed by atoms with van der Waals surface area (Å²) in [5.41, 5.74) is 0.912. The number of hydrogen-bond donors (Lipinski definition) is 0. The number of ether oxygens (including phenoxy) is 2. The molecule has 1 saturated heterocycles. The van der Waals surface area contributed by atoms with Crippen LogP contribution in [0.1, 0.15) is 13.3 Å². The molecule has 0 radical (unpaired) electrons. The first-order valence-corrected chi connectivity index (χ1v) is 5.34. The summed E-state index contributed by atoms with van der Waals surface area (Å²) >= 11 is 0. The lowest BCUT2D eigenvalue weighted by molar-refractivity contribution is -0.142. The van der Waals surface area contributed by atoms with Gasteiger partial charge in [-0.2, -0.15) is 0 Å². The first kappa shape index (κ1) is 12.2. The van der Waals surface area contributed by atoms with Gasteiger partial charge in [-0.1, -0.05) is 12.2 Å². The van der Waals surface area contributed by atoms with Crippen LogP contribution in [-0.2, 0) is 14.3 Å². The average Bonchev–Trinajstić information content (AvgIpc) is 2.19. The lowest BCUT2D eigenvalue weighted by Gasteiger charge is -2.27. The van der Waals surface area contributed by atoms with Gasteiger partial charge in [-0.15, -0.1) is 0 Å². The highest BCUT2D eigenvalue weighted by molar-refractivity contribution is 5.72. The lowest BCUT2D eigenvalue weighted by atomic mass is 10.2. The topological polar surface area (TPSA) is 38.8 Å². The van der Waals surface area contributed by atoms with E-state index in [0.29, 0.717) is 13.0 Å². The standard InChI is InChI=1S/C11H19NO3/c1-3-15-11(13)8-10(2)9-12-4-6-14-7-5-12/h2-9H2,1H3. The number of rotatable bonds is 5. The molecule has 1 aliphatic rings. The van der Waals surface area contributed by atoms with Gasteiger partial charge >= 0.3 is 5.97 Å². The minimum atomic E-state index is -0.184. The van der Waals surface area contributed by atoms with Crippen LogP contribution in [0.5, 0.6) is 0 Å². The molecule has 0 amide bonds. The second kappa shape index (κ2) is 6.58. The van der Waals surface area contributed by atoms with E-state index in [0.717, 1.165) is 38.4 Å². The molecule has 0 aromatic heterocycles. The van der Waals surface area contributed by atoms with Crippen LogP contribution in [0.4, 0.5) is 0 Å². The SMILES string of the molecule is C=C(CC(=O)OCC)CN1CCOCC1. The Morgan fingerprint density at radius 3 is 2.73 bits per heavy atom. The van der Waals surface area contributed by atoms with Crippen LogP contribution >= 0.6 is 0 Å². The molecule has 4 heteroatoms. The summed E-state index contributed by atoms with van der Waals surface area (Å²) in [7, 11) is 0. The van der Waals surface area contributed by atoms with E-state index in [1.807, 2.05) is 6.92 Å². The fraction of sp³-hybridized carbons (Fsp3) is 0.727. The molecule has 1 aliphatic heterocycles. The van der Waals surface area contributed by atoms with E-state index >= 15 is 0 Å². The highest BCUT2D eigenvalue weighted by atomic mass is 16.5. The highest BCUT2D eigenvalue weighted by Gasteiger charge is 2.13. The molecule has 0 aliphatic carbocycles. The van der Waals surface area contributed by atoms with Crippen LogP contribution in [0.25, 0.3) is 0 Å². The molecule has 15 heavy (non-hydrogen) atoms. The summed E-state index contributed by atoms with van der Waals surface area (Å²) in [6.45, 7) is 10.3. The Labute approximate surface area is 90.8 Å². The summed E-state index contributed by atoms with van der Waals surface area (Å²) in [6.07, 6.45) is 0.325. The van der Waals surface area contributed by atoms with Crippen molar-refractivity contribution in [3.05, 3.63) is 12.2 Å². The van der Waals surface area contributed by atoms with Crippen molar-refractivity contribution in [1.82, 2.24) is 4.90 Å². The summed E-state index contributed by atoms with van der Waals surface area (Å²) in [5, 5.41) is 0. The molecule has 1 rings (SSSR count). The molecule has 0 unspecified atom stereocenters. The van der Waals surface area contributed by atoms with Crippen LogP contribution < -0.4 is 0 Å². The number of carbonyl (C=O) groups is 1. The minimum Gasteiger partial charge on any atom is -0.466 e. The molecule has 0 aromatic carbocycles. The number of esters is 1. The monoisotopic (exact) mass is 213 g/mol. The minimum absolute atomic E-state index is 0.184. The number of carbonyl (C=O) groups excluding carboxylic acids is 1. The van der Waals surface area contributed by atoms with E-state index in [2.05, 4.69) is 11.5 Å². The third-order valence-corrected chi connectivity index (χ3v) is 2.25. The Morgan fingerprint density at radius 2 is 2.13 bits per heavy atom. The Balaban J connectivity index is 2.19. The van der Waals surface area contributed by atoms with Gasteiger partial charge in [-0.05, 0) is 6.92 Å². The van der Waals surface area contributed by atoms with Crippen LogP contribution in [0, 0.1) is 0 Å². The summed E-state index contributed by atoms with van der Waals surface area (Å²) in [6, 6.07) is 0. The molecule has 0 aromatic rings. The molecule has 0 atom stereocenters. The van der Waals surface area contributed by atoms with Gasteiger partial charge in [-0.3, -0.25) is 9.69 Å². The smallest absolute Gasteiger partial charge is 0.309 e. The second-order valence-electron chi connectivity index (χ2n) is 3.62. The van der Waals surface area contributed by atoms with Crippen molar-refractivity contribution < 1.29 is 14.3 Å². The Kier molecular flexibility index (Phi) is 5.36. The van der Waals surface area contributed by atoms with E-state index in [1.54, 1.807) is 0 Å². The molecular formula is C11H19NO3. The Bertz CT molecular complexity index is 222. The fourth-order valence-electron chi connectivity index (χ4n) is 1.55. The quantitative estimate of drug-likeness (QED) is 0.501. The molecule has 0 bridgehead atoms. The zero-order valence-electron chi connectivity index (χ0n) is 9.33. The Morgan fingerprint density at radius 1 is 1.47 bits per heavy atom. The molecule has 4 nitrogen and oxygen atoms in total. The normalized spacial score (nSPS) is 17.4. The van der Waals surface area contributed by atoms with Crippen molar-refractivity contribution in [2.75, 3.05) is 39.5 Å². The van der Waals surface area contributed by atoms with Crippen LogP contribution in [-0.4, -0.2) is 50.3 Å². The van der Waals surface area contributed by atoms with Gasteiger partial charge in [0.2, 0.25) is 0 Å². The molecule has 86 valence electrons. The zero-order valence-corrected chi connectivity index (χ0v) is 9.33. The summed E-state index contributed by atoms with van der Waals surface area (Å²) in [4.78, 5) is 13.4. The lowest BCUT2D eigenvalue weighted by Crippen LogP contribution is -2.37. The maximum Gasteiger partial charge on any atom is 0.309 e. The molecular weight excluding hydrogens is 194 g/mol. The van der Waals surface area contributed by atoms with Crippen molar-refractivity contribution in [3.63, 3.8) is 0 Å². The van der Waals surface area contributed by atoms with Crippen molar-refractivity contribution in [2.24, 2.45) is 0 Å². The van der Waals surface area contributed by atoms with E-state index in [9.17, 15) is 4.79 Å². The van der Waals surface area contributed by atoms with Crippen molar-refractivity contribution in [1.29, 1.82) is 0 Å². The van der Waals surface area contributed by atoms with E-state index in [-0.39, 0.29) is 5.97 Å². The van der Waals surface area contributed by atoms with Crippen LogP contribution in [0.2, 0.25) is 0 Å². The van der Waals surface area contributed by atoms with Crippen LogP contribution in [0.15, 0.2) is 12.2 Å². The summed E-state index contributed by atoms with van der Waals surface area (Å²) < 4.78 is 10.1. The molecule has 1 heterocycles. The molecule has 1 fully saturated rings. The molecule has 0 N–H and O–H groups in total. The van der Waals surface area contributed by atoms with Gasteiger partial charge in [0.05, 0.1) is 26.2 Å². The average molecular weight is 213 g/mol. The van der Waals surface area contributed by atoms with Gasteiger partial charge in [0.15, 0.2) is 0 Å². The predicted octanol–water partition coefficient (Wildman–Crippen LogP) is 0.828. The predicted molar refractivity (Wildman–Crippen MR) is 57.6 cm³/mol. The first-order chi connectivity index (χ1) is 7.22. The first-order valence-electron chi connectivity index (χ1n) is 5.34. The van der Waals surface area contributed by atoms with E-state index in [1.165, 1.54) is 0 Å². The fourth-order valence-corrected chi connectivity index (χ4v) is 1.55. The van der Waals surface area contributed by atoms with Crippen molar-refractivity contribution >= 4 is 5.97 Å². The van der Waals surface area contributed by atoms with Crippen LogP contribution in [0.3, 0.4) is 0 Å². The largest absolute Gasteiger partial charge is 0.466 e. The Hall–Kier alpha value is -0.870. The third-order valence-electron chi connectivity index (χ3n) is 2.25. The molecule has 0 saturated carbocycles. The van der Waals surface area contributed by atoms with Gasteiger partial charge in [0.1, 0.15) is 0 Å². The highest BCUT2D eigenvalue weighted by Crippen LogP contribution is 2.05. The number of nitrogens with zero attached hydrogens (tertiary/aromatic N) is 1. The van der Waals surface area contributed by atoms with E-state index < -0.39 is 0 Å². The van der Waals surface area contributed by atoms with Crippen molar-refractivity contribution in [2.45, 2.75) is 13.3 Å². The number of hydrogen-bond acceptors (Lipinski definition) is 4. The second-order valence-corrected chi connectivity index (χ2v) is 3.62. The molecule has 0 spiro atoms. The third kappa shape index (κ3) is 4.95. The number of morpholine rings is 1. The van der Waals surface area contributed by atoms with Gasteiger partial charge < -0.3 is 9.47 Å². The maximum atomic E-state index is 11.2. The van der Waals surface area contributed by atoms with Gasteiger partial charge in [0, 0.05) is 19.6 Å². The summed E-state index contributed by atoms with van der Waals surface area (Å²) in [5.74, 6) is -0.184. The zero-order chi connectivity index (χ0) is 11.1.